The highest BCUT2D eigenvalue weighted by molar-refractivity contribution is 6.30. The number of hydrogen-bond donors (Lipinski definition) is 1. The van der Waals surface area contributed by atoms with Crippen LogP contribution in [0.3, 0.4) is 0 Å². The van der Waals surface area contributed by atoms with Crippen LogP contribution in [0.5, 0.6) is 0 Å². The van der Waals surface area contributed by atoms with Crippen molar-refractivity contribution in [2.75, 3.05) is 24.5 Å². The Balaban J connectivity index is 2.04. The standard InChI is InChI=1S/C15H19ClN2O/c1-11(19)18-7-5-15(4-6-17-10-15)9-12-8-13(16)2-3-14(12)18/h2-3,8,17H,4-7,9-10H2,1H3. The molecule has 0 saturated carbocycles. The van der Waals surface area contributed by atoms with Crippen molar-refractivity contribution in [3.63, 3.8) is 0 Å². The molecule has 2 aliphatic rings. The molecular weight excluding hydrogens is 260 g/mol. The van der Waals surface area contributed by atoms with Crippen molar-refractivity contribution in [2.45, 2.75) is 26.2 Å². The number of amides is 1. The SMILES string of the molecule is CC(=O)N1CCC2(CCNC2)Cc2cc(Cl)ccc21. The molecule has 0 radical (unpaired) electrons. The molecule has 0 bridgehead atoms. The minimum Gasteiger partial charge on any atom is -0.316 e. The summed E-state index contributed by atoms with van der Waals surface area (Å²) in [5.41, 5.74) is 2.55. The molecule has 1 aromatic carbocycles. The molecule has 1 N–H and O–H groups in total. The lowest BCUT2D eigenvalue weighted by atomic mass is 9.78. The molecule has 1 fully saturated rings. The zero-order valence-electron chi connectivity index (χ0n) is 11.2. The van der Waals surface area contributed by atoms with Gasteiger partial charge in [0.1, 0.15) is 0 Å². The quantitative estimate of drug-likeness (QED) is 0.791. The molecule has 0 aliphatic carbocycles. The zero-order chi connectivity index (χ0) is 13.5. The van der Waals surface area contributed by atoms with Crippen LogP contribution < -0.4 is 10.2 Å². The third-order valence-electron chi connectivity index (χ3n) is 4.48. The number of hydrogen-bond acceptors (Lipinski definition) is 2. The Morgan fingerprint density at radius 2 is 2.26 bits per heavy atom. The number of halogens is 1. The number of nitrogens with one attached hydrogen (secondary N) is 1. The molecule has 2 aliphatic heterocycles. The molecule has 4 heteroatoms. The Morgan fingerprint density at radius 1 is 1.42 bits per heavy atom. The topological polar surface area (TPSA) is 32.3 Å². The third-order valence-corrected chi connectivity index (χ3v) is 4.71. The smallest absolute Gasteiger partial charge is 0.223 e. The van der Waals surface area contributed by atoms with E-state index in [0.29, 0.717) is 5.41 Å². The molecule has 19 heavy (non-hydrogen) atoms. The Kier molecular flexibility index (Phi) is 3.27. The van der Waals surface area contributed by atoms with E-state index in [1.807, 2.05) is 23.1 Å². The van der Waals surface area contributed by atoms with Crippen LogP contribution in [0.2, 0.25) is 5.02 Å². The van der Waals surface area contributed by atoms with Gasteiger partial charge in [0.15, 0.2) is 0 Å². The summed E-state index contributed by atoms with van der Waals surface area (Å²) >= 11 is 6.13. The summed E-state index contributed by atoms with van der Waals surface area (Å²) in [5, 5.41) is 4.22. The van der Waals surface area contributed by atoms with Crippen molar-refractivity contribution in [2.24, 2.45) is 5.41 Å². The van der Waals surface area contributed by atoms with E-state index in [9.17, 15) is 4.79 Å². The molecule has 1 aromatic rings. The van der Waals surface area contributed by atoms with Crippen LogP contribution in [0.25, 0.3) is 0 Å². The average Bonchev–Trinajstić information content (AvgIpc) is 2.72. The molecule has 1 saturated heterocycles. The zero-order valence-corrected chi connectivity index (χ0v) is 12.0. The van der Waals surface area contributed by atoms with E-state index in [1.165, 1.54) is 12.0 Å². The second-order valence-electron chi connectivity index (χ2n) is 5.80. The second kappa shape index (κ2) is 4.80. The van der Waals surface area contributed by atoms with Gasteiger partial charge in [-0.2, -0.15) is 0 Å². The number of fused-ring (bicyclic) bond motifs is 1. The van der Waals surface area contributed by atoms with E-state index in [2.05, 4.69) is 5.32 Å². The monoisotopic (exact) mass is 278 g/mol. The normalized spacial score (nSPS) is 26.3. The molecule has 1 amide bonds. The fourth-order valence-electron chi connectivity index (χ4n) is 3.41. The van der Waals surface area contributed by atoms with Crippen LogP contribution in [0.4, 0.5) is 5.69 Å². The van der Waals surface area contributed by atoms with Gasteiger partial charge < -0.3 is 10.2 Å². The van der Waals surface area contributed by atoms with Crippen molar-refractivity contribution in [3.8, 4) is 0 Å². The van der Waals surface area contributed by atoms with E-state index < -0.39 is 0 Å². The third kappa shape index (κ3) is 2.37. The van der Waals surface area contributed by atoms with Gasteiger partial charge in [-0.05, 0) is 55.0 Å². The molecule has 1 unspecified atom stereocenters. The first-order chi connectivity index (χ1) is 9.10. The molecule has 102 valence electrons. The van der Waals surface area contributed by atoms with Crippen LogP contribution in [-0.4, -0.2) is 25.5 Å². The van der Waals surface area contributed by atoms with Crippen molar-refractivity contribution in [3.05, 3.63) is 28.8 Å². The van der Waals surface area contributed by atoms with E-state index in [4.69, 9.17) is 11.6 Å². The Hall–Kier alpha value is -1.06. The number of carbonyl (C=O) groups is 1. The fourth-order valence-corrected chi connectivity index (χ4v) is 3.60. The van der Waals surface area contributed by atoms with Gasteiger partial charge in [0.2, 0.25) is 5.91 Å². The maximum atomic E-state index is 11.9. The highest BCUT2D eigenvalue weighted by Gasteiger charge is 2.37. The predicted molar refractivity (Wildman–Crippen MR) is 77.7 cm³/mol. The first-order valence-electron chi connectivity index (χ1n) is 6.87. The van der Waals surface area contributed by atoms with Crippen molar-refractivity contribution in [1.29, 1.82) is 0 Å². The Morgan fingerprint density at radius 3 is 2.95 bits per heavy atom. The molecule has 0 aromatic heterocycles. The lowest BCUT2D eigenvalue weighted by Crippen LogP contribution is -2.32. The summed E-state index contributed by atoms with van der Waals surface area (Å²) in [6, 6.07) is 5.89. The maximum Gasteiger partial charge on any atom is 0.223 e. The van der Waals surface area contributed by atoms with Crippen molar-refractivity contribution >= 4 is 23.2 Å². The summed E-state index contributed by atoms with van der Waals surface area (Å²) in [4.78, 5) is 13.8. The van der Waals surface area contributed by atoms with Gasteiger partial charge in [-0.1, -0.05) is 11.6 Å². The van der Waals surface area contributed by atoms with E-state index in [0.717, 1.165) is 43.2 Å². The summed E-state index contributed by atoms with van der Waals surface area (Å²) in [6.45, 7) is 4.58. The lowest BCUT2D eigenvalue weighted by molar-refractivity contribution is -0.116. The Bertz CT molecular complexity index is 509. The first-order valence-corrected chi connectivity index (χ1v) is 7.25. The molecular formula is C15H19ClN2O. The van der Waals surface area contributed by atoms with E-state index >= 15 is 0 Å². The van der Waals surface area contributed by atoms with Crippen molar-refractivity contribution in [1.82, 2.24) is 5.32 Å². The van der Waals surface area contributed by atoms with Crippen LogP contribution in [0.1, 0.15) is 25.3 Å². The van der Waals surface area contributed by atoms with Crippen LogP contribution in [-0.2, 0) is 11.2 Å². The van der Waals surface area contributed by atoms with Crippen LogP contribution in [0, 0.1) is 5.41 Å². The minimum atomic E-state index is 0.117. The summed E-state index contributed by atoms with van der Waals surface area (Å²) in [7, 11) is 0. The van der Waals surface area contributed by atoms with Crippen LogP contribution >= 0.6 is 11.6 Å². The number of carbonyl (C=O) groups excluding carboxylic acids is 1. The van der Waals surface area contributed by atoms with E-state index in [1.54, 1.807) is 6.92 Å². The van der Waals surface area contributed by atoms with Gasteiger partial charge in [-0.25, -0.2) is 0 Å². The predicted octanol–water partition coefficient (Wildman–Crippen LogP) is 2.62. The molecule has 2 heterocycles. The molecule has 1 atom stereocenters. The number of nitrogens with zero attached hydrogens (tertiary/aromatic N) is 1. The van der Waals surface area contributed by atoms with Gasteiger partial charge in [-0.3, -0.25) is 4.79 Å². The van der Waals surface area contributed by atoms with Gasteiger partial charge in [0.25, 0.3) is 0 Å². The van der Waals surface area contributed by atoms with Gasteiger partial charge in [0.05, 0.1) is 0 Å². The van der Waals surface area contributed by atoms with Crippen molar-refractivity contribution < 1.29 is 4.79 Å². The van der Waals surface area contributed by atoms with Crippen LogP contribution in [0.15, 0.2) is 18.2 Å². The summed E-state index contributed by atoms with van der Waals surface area (Å²) < 4.78 is 0. The summed E-state index contributed by atoms with van der Waals surface area (Å²) in [5.74, 6) is 0.117. The fraction of sp³-hybridized carbons (Fsp3) is 0.533. The largest absolute Gasteiger partial charge is 0.316 e. The van der Waals surface area contributed by atoms with Gasteiger partial charge in [0, 0.05) is 30.7 Å². The molecule has 3 rings (SSSR count). The number of rotatable bonds is 0. The highest BCUT2D eigenvalue weighted by Crippen LogP contribution is 2.40. The molecule has 1 spiro atoms. The molecule has 3 nitrogen and oxygen atoms in total. The number of benzene rings is 1. The van der Waals surface area contributed by atoms with Gasteiger partial charge >= 0.3 is 0 Å². The van der Waals surface area contributed by atoms with Gasteiger partial charge in [-0.15, -0.1) is 0 Å². The second-order valence-corrected chi connectivity index (χ2v) is 6.23. The first kappa shape index (κ1) is 12.9. The number of anilines is 1. The lowest BCUT2D eigenvalue weighted by Gasteiger charge is -2.26. The minimum absolute atomic E-state index is 0.117. The maximum absolute atomic E-state index is 11.9. The highest BCUT2D eigenvalue weighted by atomic mass is 35.5. The average molecular weight is 279 g/mol. The van der Waals surface area contributed by atoms with E-state index in [-0.39, 0.29) is 5.91 Å². The Labute approximate surface area is 118 Å². The summed E-state index contributed by atoms with van der Waals surface area (Å²) in [6.07, 6.45) is 3.26.